The van der Waals surface area contributed by atoms with Crippen molar-refractivity contribution in [2.24, 2.45) is 5.73 Å². The first-order valence-electron chi connectivity index (χ1n) is 14.9. The van der Waals surface area contributed by atoms with Crippen molar-refractivity contribution in [1.82, 2.24) is 9.88 Å². The van der Waals surface area contributed by atoms with Gasteiger partial charge in [0.15, 0.2) is 0 Å². The molecule has 1 aromatic heterocycles. The first-order valence-corrected chi connectivity index (χ1v) is 14.9. The number of hydrogen-bond acceptors (Lipinski definition) is 3. The molecular weight excluding hydrogens is 510 g/mol. The summed E-state index contributed by atoms with van der Waals surface area (Å²) in [7, 11) is 0. The zero-order valence-corrected chi connectivity index (χ0v) is 24.0. The van der Waals surface area contributed by atoms with Gasteiger partial charge in [0.25, 0.3) is 5.91 Å². The molecule has 0 saturated heterocycles. The standard InChI is InChI=1S/C35H39N3O3/c1-35(2,19-18-23-12-14-25(15-13-23)33(36)39)37-34(40)26-16-17-27-29(22-26)38-20-21-41-30-11-7-6-10-28(30)32(38)31(27)24-8-4-3-5-9-24/h6-7,10-17,22,24H,3-5,8-9,18-21H2,1-2H3,(H2,36,39)(H,37,40). The highest BCUT2D eigenvalue weighted by atomic mass is 16.5. The molecule has 0 spiro atoms. The Labute approximate surface area is 241 Å². The van der Waals surface area contributed by atoms with E-state index in [1.165, 1.54) is 48.7 Å². The van der Waals surface area contributed by atoms with Gasteiger partial charge in [-0.1, -0.05) is 49.6 Å². The van der Waals surface area contributed by atoms with Gasteiger partial charge in [0.1, 0.15) is 12.4 Å². The third-order valence-corrected chi connectivity index (χ3v) is 8.82. The second kappa shape index (κ2) is 11.1. The van der Waals surface area contributed by atoms with Gasteiger partial charge in [0.2, 0.25) is 5.91 Å². The van der Waals surface area contributed by atoms with Crippen LogP contribution in [0.1, 0.15) is 90.1 Å². The molecule has 0 unspecified atom stereocenters. The van der Waals surface area contributed by atoms with E-state index >= 15 is 0 Å². The summed E-state index contributed by atoms with van der Waals surface area (Å²) in [6.45, 7) is 5.46. The number of para-hydroxylation sites is 1. The van der Waals surface area contributed by atoms with Crippen LogP contribution in [-0.2, 0) is 13.0 Å². The molecule has 212 valence electrons. The minimum absolute atomic E-state index is 0.0685. The number of benzene rings is 3. The second-order valence-electron chi connectivity index (χ2n) is 12.2. The van der Waals surface area contributed by atoms with Gasteiger partial charge in [0, 0.05) is 33.1 Å². The fourth-order valence-electron chi connectivity index (χ4n) is 6.61. The highest BCUT2D eigenvalue weighted by molar-refractivity contribution is 6.01. The van der Waals surface area contributed by atoms with Gasteiger partial charge in [-0.2, -0.15) is 0 Å². The van der Waals surface area contributed by atoms with Gasteiger partial charge in [0.05, 0.1) is 12.2 Å². The summed E-state index contributed by atoms with van der Waals surface area (Å²) in [6.07, 6.45) is 7.79. The first-order chi connectivity index (χ1) is 19.8. The number of nitrogens with two attached hydrogens (primary N) is 1. The van der Waals surface area contributed by atoms with Crippen molar-refractivity contribution in [3.05, 3.63) is 89.0 Å². The van der Waals surface area contributed by atoms with E-state index in [4.69, 9.17) is 10.5 Å². The number of nitrogens with one attached hydrogen (secondary N) is 1. The maximum absolute atomic E-state index is 13.6. The number of rotatable bonds is 7. The molecule has 2 aliphatic rings. The van der Waals surface area contributed by atoms with Gasteiger partial charge >= 0.3 is 0 Å². The predicted molar refractivity (Wildman–Crippen MR) is 164 cm³/mol. The van der Waals surface area contributed by atoms with Crippen LogP contribution < -0.4 is 15.8 Å². The number of nitrogens with zero attached hydrogens (tertiary/aromatic N) is 1. The lowest BCUT2D eigenvalue weighted by atomic mass is 9.81. The molecule has 1 aliphatic carbocycles. The Balaban J connectivity index is 1.30. The molecule has 1 fully saturated rings. The van der Waals surface area contributed by atoms with Crippen LogP contribution in [0.25, 0.3) is 22.2 Å². The van der Waals surface area contributed by atoms with Crippen LogP contribution in [0.3, 0.4) is 0 Å². The maximum Gasteiger partial charge on any atom is 0.251 e. The molecule has 3 aromatic carbocycles. The minimum atomic E-state index is -0.427. The summed E-state index contributed by atoms with van der Waals surface area (Å²) < 4.78 is 8.57. The quantitative estimate of drug-likeness (QED) is 0.261. The molecule has 0 atom stereocenters. The number of ether oxygens (including phenoxy) is 1. The van der Waals surface area contributed by atoms with Crippen LogP contribution in [0.2, 0.25) is 0 Å². The number of carbonyl (C=O) groups excluding carboxylic acids is 2. The van der Waals surface area contributed by atoms with E-state index in [1.807, 2.05) is 24.3 Å². The van der Waals surface area contributed by atoms with E-state index in [2.05, 4.69) is 54.1 Å². The molecule has 0 radical (unpaired) electrons. The lowest BCUT2D eigenvalue weighted by Crippen LogP contribution is -2.43. The molecule has 6 rings (SSSR count). The Hall–Kier alpha value is -4.06. The first kappa shape index (κ1) is 27.1. The number of amides is 2. The summed E-state index contributed by atoms with van der Waals surface area (Å²) in [6, 6.07) is 22.0. The summed E-state index contributed by atoms with van der Waals surface area (Å²) >= 11 is 0. The number of aryl methyl sites for hydroxylation is 1. The molecular formula is C35H39N3O3. The topological polar surface area (TPSA) is 86.4 Å². The van der Waals surface area contributed by atoms with Gasteiger partial charge in [-0.05, 0) is 93.0 Å². The van der Waals surface area contributed by atoms with E-state index in [0.29, 0.717) is 23.7 Å². The lowest BCUT2D eigenvalue weighted by Gasteiger charge is -2.26. The smallest absolute Gasteiger partial charge is 0.251 e. The second-order valence-corrected chi connectivity index (χ2v) is 12.2. The number of carbonyl (C=O) groups is 2. The Kier molecular flexibility index (Phi) is 7.33. The van der Waals surface area contributed by atoms with Crippen LogP contribution in [0, 0.1) is 0 Å². The molecule has 3 N–H and O–H groups in total. The normalized spacial score (nSPS) is 15.5. The molecule has 2 amide bonds. The average Bonchev–Trinajstić information content (AvgIpc) is 3.17. The number of aromatic nitrogens is 1. The third kappa shape index (κ3) is 5.48. The zero-order chi connectivity index (χ0) is 28.6. The number of primary amides is 1. The molecule has 0 bridgehead atoms. The summed E-state index contributed by atoms with van der Waals surface area (Å²) in [5, 5.41) is 4.53. The largest absolute Gasteiger partial charge is 0.491 e. The van der Waals surface area contributed by atoms with E-state index in [1.54, 1.807) is 12.1 Å². The molecule has 41 heavy (non-hydrogen) atoms. The van der Waals surface area contributed by atoms with E-state index in [-0.39, 0.29) is 5.91 Å². The Morgan fingerprint density at radius 3 is 2.46 bits per heavy atom. The van der Waals surface area contributed by atoms with Crippen molar-refractivity contribution in [1.29, 1.82) is 0 Å². The van der Waals surface area contributed by atoms with Crippen molar-refractivity contribution in [2.75, 3.05) is 6.61 Å². The highest BCUT2D eigenvalue weighted by Crippen LogP contribution is 2.47. The molecule has 6 heteroatoms. The van der Waals surface area contributed by atoms with Crippen LogP contribution in [0.15, 0.2) is 66.7 Å². The Morgan fingerprint density at radius 1 is 0.976 bits per heavy atom. The summed E-state index contributed by atoms with van der Waals surface area (Å²) in [4.78, 5) is 24.9. The summed E-state index contributed by atoms with van der Waals surface area (Å²) in [5.41, 5.74) is 12.2. The molecule has 1 aliphatic heterocycles. The minimum Gasteiger partial charge on any atom is -0.491 e. The number of fused-ring (bicyclic) bond motifs is 5. The van der Waals surface area contributed by atoms with Crippen LogP contribution in [-0.4, -0.2) is 28.5 Å². The molecule has 4 aromatic rings. The molecule has 1 saturated carbocycles. The van der Waals surface area contributed by atoms with Crippen molar-refractivity contribution in [3.63, 3.8) is 0 Å². The van der Waals surface area contributed by atoms with Gasteiger partial charge in [-0.15, -0.1) is 0 Å². The highest BCUT2D eigenvalue weighted by Gasteiger charge is 2.30. The average molecular weight is 550 g/mol. The SMILES string of the molecule is CC(C)(CCc1ccc(C(N)=O)cc1)NC(=O)c1ccc2c(C3CCCCC3)c3n(c2c1)CCOc1ccccc1-3. The van der Waals surface area contributed by atoms with Gasteiger partial charge in [-0.25, -0.2) is 0 Å². The van der Waals surface area contributed by atoms with Crippen molar-refractivity contribution in [2.45, 2.75) is 76.8 Å². The fourth-order valence-corrected chi connectivity index (χ4v) is 6.61. The Bertz CT molecular complexity index is 1590. The van der Waals surface area contributed by atoms with Crippen LogP contribution in [0.5, 0.6) is 5.75 Å². The Morgan fingerprint density at radius 2 is 1.71 bits per heavy atom. The summed E-state index contributed by atoms with van der Waals surface area (Å²) in [5.74, 6) is 0.962. The van der Waals surface area contributed by atoms with Crippen molar-refractivity contribution in [3.8, 4) is 17.0 Å². The lowest BCUT2D eigenvalue weighted by molar-refractivity contribution is 0.0908. The van der Waals surface area contributed by atoms with Gasteiger partial charge < -0.3 is 20.4 Å². The zero-order valence-electron chi connectivity index (χ0n) is 24.0. The molecule has 6 nitrogen and oxygen atoms in total. The molecule has 2 heterocycles. The van der Waals surface area contributed by atoms with E-state index in [0.717, 1.165) is 41.8 Å². The van der Waals surface area contributed by atoms with Crippen LogP contribution in [0.4, 0.5) is 0 Å². The third-order valence-electron chi connectivity index (χ3n) is 8.82. The fraction of sp³-hybridized carbons (Fsp3) is 0.371. The number of hydrogen-bond donors (Lipinski definition) is 2. The monoisotopic (exact) mass is 549 g/mol. The maximum atomic E-state index is 13.6. The van der Waals surface area contributed by atoms with E-state index in [9.17, 15) is 9.59 Å². The van der Waals surface area contributed by atoms with Gasteiger partial charge in [-0.3, -0.25) is 9.59 Å². The van der Waals surface area contributed by atoms with Crippen molar-refractivity contribution >= 4 is 22.7 Å². The van der Waals surface area contributed by atoms with Crippen LogP contribution >= 0.6 is 0 Å². The van der Waals surface area contributed by atoms with Crippen molar-refractivity contribution < 1.29 is 14.3 Å². The predicted octanol–water partition coefficient (Wildman–Crippen LogP) is 6.99. The van der Waals surface area contributed by atoms with E-state index < -0.39 is 11.4 Å².